The molecule has 3 N–H and O–H groups in total. The molecule has 0 unspecified atom stereocenters. The van der Waals surface area contributed by atoms with E-state index in [0.29, 0.717) is 5.69 Å². The minimum absolute atomic E-state index is 0.00942. The second-order valence-corrected chi connectivity index (χ2v) is 4.47. The molecule has 0 aromatic heterocycles. The Morgan fingerprint density at radius 1 is 1.35 bits per heavy atom. The number of carboxylic acid groups (broad SMARTS) is 1. The van der Waals surface area contributed by atoms with Crippen molar-refractivity contribution >= 4 is 33.5 Å². The molecule has 88 valence electrons. The molecular weight excluding hydrogens is 288 g/mol. The Balaban J connectivity index is 2.42. The van der Waals surface area contributed by atoms with Crippen LogP contribution in [0.4, 0.5) is 5.69 Å². The third kappa shape index (κ3) is 2.03. The summed E-state index contributed by atoms with van der Waals surface area (Å²) >= 11 is 3.28. The predicted octanol–water partition coefficient (Wildman–Crippen LogP) is 1.44. The molecule has 1 aromatic rings. The lowest BCUT2D eigenvalue weighted by Gasteiger charge is -2.17. The van der Waals surface area contributed by atoms with E-state index in [0.717, 1.165) is 4.47 Å². The largest absolute Gasteiger partial charge is 0.478 e. The van der Waals surface area contributed by atoms with Gasteiger partial charge in [-0.1, -0.05) is 15.9 Å². The third-order valence-corrected chi connectivity index (χ3v) is 3.00. The van der Waals surface area contributed by atoms with Gasteiger partial charge in [-0.15, -0.1) is 0 Å². The van der Waals surface area contributed by atoms with Gasteiger partial charge in [0.25, 0.3) is 0 Å². The first-order valence-electron chi connectivity index (χ1n) is 4.81. The van der Waals surface area contributed by atoms with Crippen molar-refractivity contribution in [3.8, 4) is 0 Å². The first-order valence-corrected chi connectivity index (χ1v) is 5.60. The van der Waals surface area contributed by atoms with Crippen molar-refractivity contribution in [2.75, 3.05) is 4.90 Å². The number of nitrogens with two attached hydrogens (primary N) is 1. The fourth-order valence-corrected chi connectivity index (χ4v) is 1.91. The van der Waals surface area contributed by atoms with Crippen LogP contribution < -0.4 is 10.6 Å². The van der Waals surface area contributed by atoms with E-state index in [1.165, 1.54) is 4.90 Å². The Kier molecular flexibility index (Phi) is 2.89. The highest BCUT2D eigenvalue weighted by Crippen LogP contribution is 2.28. The van der Waals surface area contributed by atoms with Gasteiger partial charge >= 0.3 is 5.97 Å². The quantitative estimate of drug-likeness (QED) is 0.865. The number of amides is 1. The number of hydrogen-bond acceptors (Lipinski definition) is 3. The molecule has 1 aromatic carbocycles. The lowest BCUT2D eigenvalue weighted by Crippen LogP contribution is -2.28. The summed E-state index contributed by atoms with van der Waals surface area (Å²) in [5.41, 5.74) is 6.18. The number of carboxylic acids is 1. The number of halogens is 1. The Morgan fingerprint density at radius 3 is 2.41 bits per heavy atom. The van der Waals surface area contributed by atoms with Gasteiger partial charge in [-0.05, 0) is 24.3 Å². The van der Waals surface area contributed by atoms with E-state index < -0.39 is 5.97 Å². The number of nitrogens with zero attached hydrogens (tertiary/aromatic N) is 1. The van der Waals surface area contributed by atoms with Crippen molar-refractivity contribution in [1.82, 2.24) is 0 Å². The highest BCUT2D eigenvalue weighted by atomic mass is 79.9. The minimum Gasteiger partial charge on any atom is -0.478 e. The third-order valence-electron chi connectivity index (χ3n) is 2.47. The van der Waals surface area contributed by atoms with Crippen LogP contribution in [0, 0.1) is 0 Å². The Bertz CT molecular complexity index is 522. The molecule has 0 radical (unpaired) electrons. The van der Waals surface area contributed by atoms with Crippen molar-refractivity contribution in [2.45, 2.75) is 6.42 Å². The number of aliphatic carboxylic acids is 1. The predicted molar refractivity (Wildman–Crippen MR) is 65.1 cm³/mol. The van der Waals surface area contributed by atoms with Gasteiger partial charge < -0.3 is 10.8 Å². The average molecular weight is 297 g/mol. The molecular formula is C11H9BrN2O3. The van der Waals surface area contributed by atoms with Crippen molar-refractivity contribution in [1.29, 1.82) is 0 Å². The van der Waals surface area contributed by atoms with E-state index in [1.54, 1.807) is 24.3 Å². The Hall–Kier alpha value is -1.82. The molecule has 1 aliphatic rings. The Labute approximate surface area is 106 Å². The molecule has 0 fully saturated rings. The van der Waals surface area contributed by atoms with Crippen LogP contribution in [0.1, 0.15) is 6.42 Å². The van der Waals surface area contributed by atoms with E-state index in [2.05, 4.69) is 15.9 Å². The van der Waals surface area contributed by atoms with Crippen LogP contribution in [0.15, 0.2) is 40.1 Å². The van der Waals surface area contributed by atoms with Crippen LogP contribution in [-0.2, 0) is 9.59 Å². The summed E-state index contributed by atoms with van der Waals surface area (Å²) in [6, 6.07) is 6.91. The van der Waals surface area contributed by atoms with Gasteiger partial charge in [-0.3, -0.25) is 9.69 Å². The summed E-state index contributed by atoms with van der Waals surface area (Å²) in [5, 5.41) is 8.89. The molecule has 2 rings (SSSR count). The summed E-state index contributed by atoms with van der Waals surface area (Å²) in [6.07, 6.45) is -0.169. The maximum atomic E-state index is 11.7. The number of rotatable bonds is 2. The van der Waals surface area contributed by atoms with Crippen molar-refractivity contribution < 1.29 is 14.7 Å². The molecule has 0 saturated heterocycles. The standard InChI is InChI=1S/C11H9BrN2O3/c12-6-1-3-7(4-2-6)14-9(15)5-8(10(14)13)11(16)17/h1-4H,5,13H2,(H,16,17). The van der Waals surface area contributed by atoms with E-state index in [-0.39, 0.29) is 23.7 Å². The monoisotopic (exact) mass is 296 g/mol. The fraction of sp³-hybridized carbons (Fsp3) is 0.0909. The number of carbonyl (C=O) groups excluding carboxylic acids is 1. The molecule has 0 aliphatic carbocycles. The normalized spacial score (nSPS) is 15.6. The van der Waals surface area contributed by atoms with Crippen molar-refractivity contribution in [3.05, 3.63) is 40.1 Å². The highest BCUT2D eigenvalue weighted by Gasteiger charge is 2.33. The van der Waals surface area contributed by atoms with Crippen molar-refractivity contribution in [3.63, 3.8) is 0 Å². The summed E-state index contributed by atoms with van der Waals surface area (Å²) in [4.78, 5) is 23.8. The van der Waals surface area contributed by atoms with E-state index in [9.17, 15) is 9.59 Å². The van der Waals surface area contributed by atoms with Crippen LogP contribution >= 0.6 is 15.9 Å². The second kappa shape index (κ2) is 4.21. The fourth-order valence-electron chi connectivity index (χ4n) is 1.65. The van der Waals surface area contributed by atoms with Crippen LogP contribution in [-0.4, -0.2) is 17.0 Å². The molecule has 6 heteroatoms. The van der Waals surface area contributed by atoms with Gasteiger partial charge in [-0.25, -0.2) is 4.79 Å². The zero-order chi connectivity index (χ0) is 12.6. The lowest BCUT2D eigenvalue weighted by molar-refractivity contribution is -0.133. The maximum Gasteiger partial charge on any atom is 0.335 e. The first-order chi connectivity index (χ1) is 8.00. The summed E-state index contributed by atoms with van der Waals surface area (Å²) in [6.45, 7) is 0. The van der Waals surface area contributed by atoms with Gasteiger partial charge in [0.05, 0.1) is 17.7 Å². The molecule has 1 aliphatic heterocycles. The zero-order valence-electron chi connectivity index (χ0n) is 8.68. The average Bonchev–Trinajstić information content (AvgIpc) is 2.56. The minimum atomic E-state index is -1.16. The molecule has 1 amide bonds. The summed E-state index contributed by atoms with van der Waals surface area (Å²) in [5.74, 6) is -1.50. The summed E-state index contributed by atoms with van der Waals surface area (Å²) < 4.78 is 0.869. The molecule has 5 nitrogen and oxygen atoms in total. The highest BCUT2D eigenvalue weighted by molar-refractivity contribution is 9.10. The van der Waals surface area contributed by atoms with Gasteiger partial charge in [0.1, 0.15) is 5.82 Å². The zero-order valence-corrected chi connectivity index (χ0v) is 10.3. The maximum absolute atomic E-state index is 11.7. The van der Waals surface area contributed by atoms with Crippen molar-refractivity contribution in [2.24, 2.45) is 5.73 Å². The summed E-state index contributed by atoms with van der Waals surface area (Å²) in [7, 11) is 0. The smallest absolute Gasteiger partial charge is 0.335 e. The number of anilines is 1. The van der Waals surface area contributed by atoms with Gasteiger partial charge in [0.2, 0.25) is 5.91 Å². The molecule has 0 bridgehead atoms. The topological polar surface area (TPSA) is 83.6 Å². The van der Waals surface area contributed by atoms with Gasteiger partial charge in [0, 0.05) is 4.47 Å². The molecule has 17 heavy (non-hydrogen) atoms. The van der Waals surface area contributed by atoms with E-state index >= 15 is 0 Å². The SMILES string of the molecule is NC1=C(C(=O)O)CC(=O)N1c1ccc(Br)cc1. The van der Waals surface area contributed by atoms with Gasteiger partial charge in [-0.2, -0.15) is 0 Å². The number of carbonyl (C=O) groups is 2. The van der Waals surface area contributed by atoms with E-state index in [1.807, 2.05) is 0 Å². The molecule has 0 spiro atoms. The van der Waals surface area contributed by atoms with Crippen LogP contribution in [0.2, 0.25) is 0 Å². The molecule has 0 saturated carbocycles. The van der Waals surface area contributed by atoms with E-state index in [4.69, 9.17) is 10.8 Å². The lowest BCUT2D eigenvalue weighted by atomic mass is 10.2. The molecule has 0 atom stereocenters. The second-order valence-electron chi connectivity index (χ2n) is 3.55. The van der Waals surface area contributed by atoms with Crippen LogP contribution in [0.3, 0.4) is 0 Å². The Morgan fingerprint density at radius 2 is 1.94 bits per heavy atom. The van der Waals surface area contributed by atoms with Gasteiger partial charge in [0.15, 0.2) is 0 Å². The number of benzene rings is 1. The van der Waals surface area contributed by atoms with Crippen LogP contribution in [0.5, 0.6) is 0 Å². The number of hydrogen-bond donors (Lipinski definition) is 2. The first kappa shape index (κ1) is 11.7. The molecule has 1 heterocycles. The van der Waals surface area contributed by atoms with Crippen LogP contribution in [0.25, 0.3) is 0 Å².